The van der Waals surface area contributed by atoms with Gasteiger partial charge in [0.1, 0.15) is 67.0 Å². The van der Waals surface area contributed by atoms with Gasteiger partial charge in [0, 0.05) is 0 Å². The van der Waals surface area contributed by atoms with E-state index in [1.54, 1.807) is 0 Å². The van der Waals surface area contributed by atoms with Gasteiger partial charge in [-0.2, -0.15) is 0 Å². The van der Waals surface area contributed by atoms with Gasteiger partial charge >= 0.3 is 7.82 Å². The quantitative estimate of drug-likeness (QED) is 0.142. The third-order valence-electron chi connectivity index (χ3n) is 7.25. The first-order valence-electron chi connectivity index (χ1n) is 12.8. The molecule has 0 radical (unpaired) electrons. The van der Waals surface area contributed by atoms with Crippen molar-refractivity contribution in [2.24, 2.45) is 0 Å². The van der Waals surface area contributed by atoms with Gasteiger partial charge in [-0.25, -0.2) is 34.5 Å². The summed E-state index contributed by atoms with van der Waals surface area (Å²) in [6.07, 6.45) is -6.54. The molecule has 7 heterocycles. The lowest BCUT2D eigenvalue weighted by atomic mass is 10.1. The molecule has 3 aliphatic rings. The molecule has 21 nitrogen and oxygen atoms in total. The van der Waals surface area contributed by atoms with E-state index < -0.39 is 76.8 Å². The Hall–Kier alpha value is -2.82. The number of imidazole rings is 2. The largest absolute Gasteiger partial charge is 0.780 e. The number of hydrogen-bond donors (Lipinski definition) is 5. The zero-order valence-electron chi connectivity index (χ0n) is 22.0. The highest BCUT2D eigenvalue weighted by molar-refractivity contribution is 8.06. The van der Waals surface area contributed by atoms with Crippen LogP contribution >= 0.6 is 14.5 Å². The van der Waals surface area contributed by atoms with Crippen LogP contribution in [0, 0.1) is 0 Å². The highest BCUT2D eigenvalue weighted by Crippen LogP contribution is 2.52. The summed E-state index contributed by atoms with van der Waals surface area (Å²) in [6, 6.07) is 0. The van der Waals surface area contributed by atoms with Gasteiger partial charge in [0.25, 0.3) is 0 Å². The third-order valence-corrected chi connectivity index (χ3v) is 9.77. The van der Waals surface area contributed by atoms with Crippen LogP contribution in [0.3, 0.4) is 0 Å². The van der Waals surface area contributed by atoms with E-state index in [-0.39, 0.29) is 34.0 Å². The third kappa shape index (κ3) is 5.16. The molecule has 7 N–H and O–H groups in total. The van der Waals surface area contributed by atoms with Gasteiger partial charge in [0.05, 0.1) is 25.9 Å². The molecule has 4 aromatic rings. The number of hydrogen-bond acceptors (Lipinski definition) is 19. The number of aromatic nitrogens is 8. The number of anilines is 2. The van der Waals surface area contributed by atoms with Crippen LogP contribution in [0.4, 0.5) is 11.6 Å². The predicted octanol–water partition coefficient (Wildman–Crippen LogP) is -2.15. The Bertz CT molecular complexity index is 1700. The Balaban J connectivity index is 1.17. The van der Waals surface area contributed by atoms with Crippen molar-refractivity contribution in [3.8, 4) is 0 Å². The second-order valence-electron chi connectivity index (χ2n) is 9.92. The number of ether oxygens (including phenoxy) is 2. The number of rotatable bonds is 2. The Morgan fingerprint density at radius 1 is 0.818 bits per heavy atom. The molecule has 0 amide bonds. The van der Waals surface area contributed by atoms with Gasteiger partial charge < -0.3 is 50.0 Å². The maximum atomic E-state index is 13.3. The number of phosphoric ester groups is 1. The molecule has 0 aromatic carbocycles. The zero-order chi connectivity index (χ0) is 31.0. The first-order valence-corrected chi connectivity index (χ1v) is 16.8. The van der Waals surface area contributed by atoms with Crippen LogP contribution in [0.5, 0.6) is 0 Å². The van der Waals surface area contributed by atoms with E-state index in [4.69, 9.17) is 50.8 Å². The smallest absolute Gasteiger partial charge is 0.472 e. The molecule has 10 atom stereocenters. The van der Waals surface area contributed by atoms with E-state index in [1.165, 1.54) is 34.4 Å². The van der Waals surface area contributed by atoms with Crippen molar-refractivity contribution in [1.82, 2.24) is 39.0 Å². The van der Waals surface area contributed by atoms with E-state index in [1.807, 2.05) is 0 Å². The predicted molar refractivity (Wildman–Crippen MR) is 145 cm³/mol. The molecule has 7 rings (SSSR count). The molecule has 3 saturated heterocycles. The summed E-state index contributed by atoms with van der Waals surface area (Å²) in [5.74, 6) is 0.144. The molecule has 0 bridgehead atoms. The molecular formula is C20H23N10O11P2S-. The van der Waals surface area contributed by atoms with Crippen molar-refractivity contribution in [2.75, 3.05) is 24.7 Å². The molecule has 0 spiro atoms. The van der Waals surface area contributed by atoms with Crippen LogP contribution in [0.1, 0.15) is 12.5 Å². The number of nitrogen functional groups attached to an aromatic ring is 2. The summed E-state index contributed by atoms with van der Waals surface area (Å²) >= 11 is 5.09. The lowest BCUT2D eigenvalue weighted by Crippen LogP contribution is -2.40. The maximum Gasteiger partial charge on any atom is 0.472 e. The molecular weight excluding hydrogens is 650 g/mol. The van der Waals surface area contributed by atoms with Crippen LogP contribution in [-0.2, 0) is 43.9 Å². The first kappa shape index (κ1) is 29.9. The monoisotopic (exact) mass is 673 g/mol. The zero-order valence-corrected chi connectivity index (χ0v) is 24.6. The van der Waals surface area contributed by atoms with Gasteiger partial charge in [0.2, 0.25) is 0 Å². The van der Waals surface area contributed by atoms with Gasteiger partial charge in [-0.15, -0.1) is 0 Å². The average Bonchev–Trinajstić information content (AvgIpc) is 3.73. The van der Waals surface area contributed by atoms with Crippen LogP contribution in [0.2, 0.25) is 0 Å². The van der Waals surface area contributed by atoms with E-state index in [0.29, 0.717) is 0 Å². The fourth-order valence-electron chi connectivity index (χ4n) is 5.24. The van der Waals surface area contributed by atoms with Crippen molar-refractivity contribution in [2.45, 2.75) is 49.1 Å². The molecule has 2 unspecified atom stereocenters. The molecule has 3 fully saturated rings. The summed E-state index contributed by atoms with van der Waals surface area (Å²) in [4.78, 5) is 48.1. The molecule has 236 valence electrons. The fourth-order valence-corrected chi connectivity index (χ4v) is 7.63. The second-order valence-corrected chi connectivity index (χ2v) is 14.0. The Morgan fingerprint density at radius 2 is 1.30 bits per heavy atom. The fraction of sp³-hybridized carbons (Fsp3) is 0.500. The van der Waals surface area contributed by atoms with E-state index in [0.717, 1.165) is 0 Å². The van der Waals surface area contributed by atoms with Crippen molar-refractivity contribution in [3.63, 3.8) is 0 Å². The topological polar surface area (TPSA) is 295 Å². The van der Waals surface area contributed by atoms with Gasteiger partial charge in [-0.05, 0) is 0 Å². The summed E-state index contributed by atoms with van der Waals surface area (Å²) in [5, 5.41) is 22.3. The van der Waals surface area contributed by atoms with E-state index >= 15 is 0 Å². The van der Waals surface area contributed by atoms with Crippen molar-refractivity contribution < 1.29 is 52.1 Å². The summed E-state index contributed by atoms with van der Waals surface area (Å²) in [5.41, 5.74) is 12.5. The van der Waals surface area contributed by atoms with Crippen LogP contribution < -0.4 is 16.4 Å². The number of aliphatic hydroxyl groups is 2. The average molecular weight is 673 g/mol. The van der Waals surface area contributed by atoms with Gasteiger partial charge in [-0.1, -0.05) is 11.8 Å². The lowest BCUT2D eigenvalue weighted by Gasteiger charge is -2.35. The Labute approximate surface area is 250 Å². The molecule has 44 heavy (non-hydrogen) atoms. The number of fused-ring (bicyclic) bond motifs is 4. The number of nitrogens with two attached hydrogens (primary N) is 2. The van der Waals surface area contributed by atoms with E-state index in [9.17, 15) is 24.6 Å². The highest BCUT2D eigenvalue weighted by atomic mass is 32.5. The number of phosphoric acid groups is 1. The van der Waals surface area contributed by atoms with Gasteiger partial charge in [-0.3, -0.25) is 18.2 Å². The minimum absolute atomic E-state index is 0.0700. The number of aliphatic hydroxyl groups excluding tert-OH is 2. The minimum Gasteiger partial charge on any atom is -0.780 e. The van der Waals surface area contributed by atoms with Crippen LogP contribution in [-0.4, -0.2) is 104 Å². The summed E-state index contributed by atoms with van der Waals surface area (Å²) in [6.45, 7) is -5.77. The van der Waals surface area contributed by atoms with Crippen LogP contribution in [0.15, 0.2) is 25.3 Å². The normalized spacial score (nSPS) is 38.3. The first-order chi connectivity index (χ1) is 20.9. The molecule has 24 heteroatoms. The molecule has 0 aliphatic carbocycles. The van der Waals surface area contributed by atoms with Crippen LogP contribution in [0.25, 0.3) is 22.3 Å². The standard InChI is InChI=1S/C20H24N10O11P2S/c21-15-9-17(25-3-23-15)29(5-27-9)19-11(31)13-8(39-19)2-37-43(35,44)41-14-7(1-36-42(33,34)40-13)38-20(12(14)32)30-6-28-10-16(22)24-4-26-18(10)30/h3-8,11-14,19-20,31-32H,1-2H2,(H,33,34)(H,35,44)(H2,21,23,25)(H2,22,24,26)/p-1/t7-,8-,11-,12-,13-,14-,19-,20-,43?/m1/s1. The lowest BCUT2D eigenvalue weighted by molar-refractivity contribution is -0.218. The Kier molecular flexibility index (Phi) is 7.41. The second kappa shape index (κ2) is 10.9. The molecule has 0 saturated carbocycles. The Morgan fingerprint density at radius 3 is 1.82 bits per heavy atom. The van der Waals surface area contributed by atoms with Crippen molar-refractivity contribution in [3.05, 3.63) is 25.3 Å². The van der Waals surface area contributed by atoms with Gasteiger partial charge in [0.15, 0.2) is 35.4 Å². The summed E-state index contributed by atoms with van der Waals surface area (Å²) < 4.78 is 49.0. The van der Waals surface area contributed by atoms with E-state index in [2.05, 4.69) is 29.9 Å². The molecule has 4 aromatic heterocycles. The SMILES string of the molecule is Nc1ncnc2c1ncn2[C@@H]1O[C@@H]2COP([O-])(=S)O[C@H]3[C@@H](O)[C@H](n4cnc5c(N)ncnc54)O[C@@H]3COP(=O)(O)O[C@H]2[C@H]1O. The summed E-state index contributed by atoms with van der Waals surface area (Å²) in [7, 11) is -4.97. The number of nitrogens with zero attached hydrogens (tertiary/aromatic N) is 8. The minimum atomic E-state index is -4.97. The highest BCUT2D eigenvalue weighted by Gasteiger charge is 2.52. The molecule has 3 aliphatic heterocycles. The maximum absolute atomic E-state index is 13.3. The van der Waals surface area contributed by atoms with Crippen molar-refractivity contribution >= 4 is 60.3 Å². The van der Waals surface area contributed by atoms with Crippen molar-refractivity contribution in [1.29, 1.82) is 0 Å².